The van der Waals surface area contributed by atoms with Gasteiger partial charge in [0.15, 0.2) is 0 Å². The molecule has 114 valence electrons. The van der Waals surface area contributed by atoms with E-state index < -0.39 is 5.60 Å². The molecule has 0 heterocycles. The molecule has 0 fully saturated rings. The number of rotatable bonds is 8. The lowest BCUT2D eigenvalue weighted by molar-refractivity contribution is 0.0497. The van der Waals surface area contributed by atoms with Crippen LogP contribution in [0, 0.1) is 5.92 Å². The Hall–Kier alpha value is -0.730. The van der Waals surface area contributed by atoms with Crippen LogP contribution in [0.4, 0.5) is 4.79 Å². The van der Waals surface area contributed by atoms with Crippen LogP contribution in [0.2, 0.25) is 0 Å². The van der Waals surface area contributed by atoms with Crippen LogP contribution in [0.25, 0.3) is 0 Å². The molecule has 0 aliphatic heterocycles. The van der Waals surface area contributed by atoms with E-state index >= 15 is 0 Å². The predicted molar refractivity (Wildman–Crippen MR) is 81.4 cm³/mol. The largest absolute Gasteiger partial charge is 0.444 e. The Morgan fingerprint density at radius 3 is 2.16 bits per heavy atom. The van der Waals surface area contributed by atoms with Gasteiger partial charge in [-0.05, 0) is 39.5 Å². The summed E-state index contributed by atoms with van der Waals surface area (Å²) in [4.78, 5) is 11.8. The van der Waals surface area contributed by atoms with Gasteiger partial charge in [-0.15, -0.1) is 0 Å². The van der Waals surface area contributed by atoms with Crippen LogP contribution in [0.15, 0.2) is 0 Å². The number of hydrogen-bond acceptors (Lipinski definition) is 2. The van der Waals surface area contributed by atoms with Crippen LogP contribution in [0.5, 0.6) is 0 Å². The van der Waals surface area contributed by atoms with E-state index in [0.717, 1.165) is 31.6 Å². The molecule has 0 spiro atoms. The second-order valence-electron chi connectivity index (χ2n) is 6.81. The van der Waals surface area contributed by atoms with Crippen LogP contribution < -0.4 is 5.32 Å². The van der Waals surface area contributed by atoms with Gasteiger partial charge in [0.1, 0.15) is 5.60 Å². The Kier molecular flexibility index (Phi) is 8.86. The minimum atomic E-state index is -0.419. The van der Waals surface area contributed by atoms with Crippen molar-refractivity contribution in [2.24, 2.45) is 5.92 Å². The van der Waals surface area contributed by atoms with E-state index in [2.05, 4.69) is 26.1 Å². The number of carbonyl (C=O) groups is 1. The molecule has 3 nitrogen and oxygen atoms in total. The van der Waals surface area contributed by atoms with E-state index in [1.807, 2.05) is 20.8 Å². The third kappa shape index (κ3) is 12.1. The van der Waals surface area contributed by atoms with Gasteiger partial charge in [-0.1, -0.05) is 46.5 Å². The van der Waals surface area contributed by atoms with Gasteiger partial charge < -0.3 is 10.1 Å². The van der Waals surface area contributed by atoms with Gasteiger partial charge in [-0.25, -0.2) is 4.79 Å². The minimum Gasteiger partial charge on any atom is -0.444 e. The lowest BCUT2D eigenvalue weighted by Crippen LogP contribution is -2.39. The number of carbonyl (C=O) groups excluding carboxylic acids is 1. The third-order valence-electron chi connectivity index (χ3n) is 2.96. The summed E-state index contributed by atoms with van der Waals surface area (Å²) in [6.45, 7) is 12.3. The number of nitrogens with one attached hydrogen (secondary N) is 1. The Labute approximate surface area is 119 Å². The highest BCUT2D eigenvalue weighted by atomic mass is 16.6. The van der Waals surface area contributed by atoms with Crippen molar-refractivity contribution < 1.29 is 9.53 Å². The number of hydrogen-bond donors (Lipinski definition) is 1. The van der Waals surface area contributed by atoms with Gasteiger partial charge in [-0.3, -0.25) is 0 Å². The first-order chi connectivity index (χ1) is 8.74. The monoisotopic (exact) mass is 271 g/mol. The first kappa shape index (κ1) is 18.3. The Morgan fingerprint density at radius 1 is 1.11 bits per heavy atom. The van der Waals surface area contributed by atoms with Gasteiger partial charge in [0.25, 0.3) is 0 Å². The summed E-state index contributed by atoms with van der Waals surface area (Å²) in [5.41, 5.74) is -0.419. The molecule has 0 aromatic carbocycles. The quantitative estimate of drug-likeness (QED) is 0.682. The second-order valence-corrected chi connectivity index (χ2v) is 6.81. The molecule has 0 saturated heterocycles. The van der Waals surface area contributed by atoms with E-state index in [1.54, 1.807) is 0 Å². The van der Waals surface area contributed by atoms with Crippen molar-refractivity contribution in [3.63, 3.8) is 0 Å². The van der Waals surface area contributed by atoms with Gasteiger partial charge >= 0.3 is 6.09 Å². The predicted octanol–water partition coefficient (Wildman–Crippen LogP) is 4.90. The molecule has 0 aliphatic carbocycles. The Bertz CT molecular complexity index is 244. The lowest BCUT2D eigenvalue weighted by atomic mass is 10.00. The maximum absolute atomic E-state index is 11.8. The van der Waals surface area contributed by atoms with Crippen molar-refractivity contribution in [1.29, 1.82) is 0 Å². The molecule has 1 atom stereocenters. The topological polar surface area (TPSA) is 38.3 Å². The molecule has 0 bridgehead atoms. The fourth-order valence-corrected chi connectivity index (χ4v) is 1.99. The van der Waals surface area contributed by atoms with Crippen LogP contribution >= 0.6 is 0 Å². The van der Waals surface area contributed by atoms with Gasteiger partial charge in [0, 0.05) is 6.04 Å². The highest BCUT2D eigenvalue weighted by molar-refractivity contribution is 5.68. The summed E-state index contributed by atoms with van der Waals surface area (Å²) in [5.74, 6) is 0.730. The molecule has 0 radical (unpaired) electrons. The molecular weight excluding hydrogens is 238 g/mol. The molecule has 19 heavy (non-hydrogen) atoms. The van der Waals surface area contributed by atoms with E-state index in [-0.39, 0.29) is 12.1 Å². The van der Waals surface area contributed by atoms with Crippen molar-refractivity contribution >= 4 is 6.09 Å². The molecule has 0 aromatic heterocycles. The summed E-state index contributed by atoms with van der Waals surface area (Å²) in [6, 6.07) is 0.258. The maximum atomic E-state index is 11.8. The van der Waals surface area contributed by atoms with E-state index in [4.69, 9.17) is 4.74 Å². The lowest BCUT2D eigenvalue weighted by Gasteiger charge is -2.24. The van der Waals surface area contributed by atoms with Crippen LogP contribution in [0.1, 0.15) is 80.1 Å². The van der Waals surface area contributed by atoms with E-state index in [1.165, 1.54) is 12.8 Å². The number of alkyl carbamates (subject to hydrolysis) is 1. The number of amides is 1. The standard InChI is InChI=1S/C16H33NO2/c1-7-8-11-14(12-9-10-13(2)3)17-15(18)19-16(4,5)6/h13-14H,7-12H2,1-6H3,(H,17,18)/t14-/m0/s1. The molecule has 0 unspecified atom stereocenters. The summed E-state index contributed by atoms with van der Waals surface area (Å²) < 4.78 is 5.33. The maximum Gasteiger partial charge on any atom is 0.407 e. The summed E-state index contributed by atoms with van der Waals surface area (Å²) in [5, 5.41) is 3.02. The van der Waals surface area contributed by atoms with Crippen molar-refractivity contribution in [2.75, 3.05) is 0 Å². The second kappa shape index (κ2) is 9.22. The normalized spacial score (nSPS) is 13.4. The molecule has 1 amide bonds. The zero-order valence-electron chi connectivity index (χ0n) is 13.7. The zero-order valence-corrected chi connectivity index (χ0v) is 13.7. The number of ether oxygens (including phenoxy) is 1. The first-order valence-electron chi connectivity index (χ1n) is 7.74. The van der Waals surface area contributed by atoms with Crippen molar-refractivity contribution in [3.05, 3.63) is 0 Å². The first-order valence-corrected chi connectivity index (χ1v) is 7.74. The summed E-state index contributed by atoms with van der Waals surface area (Å²) in [7, 11) is 0. The fraction of sp³-hybridized carbons (Fsp3) is 0.938. The van der Waals surface area contributed by atoms with Crippen LogP contribution in [-0.4, -0.2) is 17.7 Å². The van der Waals surface area contributed by atoms with E-state index in [9.17, 15) is 4.79 Å². The molecule has 0 aromatic rings. The molecular formula is C16H33NO2. The third-order valence-corrected chi connectivity index (χ3v) is 2.96. The average Bonchev–Trinajstić information content (AvgIpc) is 2.22. The van der Waals surface area contributed by atoms with Crippen LogP contribution in [0.3, 0.4) is 0 Å². The molecule has 3 heteroatoms. The SMILES string of the molecule is CCCC[C@@H](CCCC(C)C)NC(=O)OC(C)(C)C. The zero-order chi connectivity index (χ0) is 14.9. The van der Waals surface area contributed by atoms with Crippen molar-refractivity contribution in [1.82, 2.24) is 5.32 Å². The van der Waals surface area contributed by atoms with Gasteiger partial charge in [0.2, 0.25) is 0 Å². The van der Waals surface area contributed by atoms with Crippen molar-refractivity contribution in [2.45, 2.75) is 91.7 Å². The molecule has 1 N–H and O–H groups in total. The Morgan fingerprint density at radius 2 is 1.68 bits per heavy atom. The molecule has 0 aliphatic rings. The fourth-order valence-electron chi connectivity index (χ4n) is 1.99. The summed E-state index contributed by atoms with van der Waals surface area (Å²) >= 11 is 0. The number of unbranched alkanes of at least 4 members (excludes halogenated alkanes) is 1. The highest BCUT2D eigenvalue weighted by Gasteiger charge is 2.19. The van der Waals surface area contributed by atoms with Gasteiger partial charge in [0.05, 0.1) is 0 Å². The Balaban J connectivity index is 4.14. The summed E-state index contributed by atoms with van der Waals surface area (Å²) in [6.07, 6.45) is 6.53. The highest BCUT2D eigenvalue weighted by Crippen LogP contribution is 2.14. The average molecular weight is 271 g/mol. The van der Waals surface area contributed by atoms with Crippen LogP contribution in [-0.2, 0) is 4.74 Å². The van der Waals surface area contributed by atoms with Crippen molar-refractivity contribution in [3.8, 4) is 0 Å². The minimum absolute atomic E-state index is 0.258. The molecule has 0 saturated carbocycles. The van der Waals surface area contributed by atoms with E-state index in [0.29, 0.717) is 0 Å². The van der Waals surface area contributed by atoms with Gasteiger partial charge in [-0.2, -0.15) is 0 Å². The molecule has 0 rings (SSSR count). The smallest absolute Gasteiger partial charge is 0.407 e.